The summed E-state index contributed by atoms with van der Waals surface area (Å²) < 4.78 is 19.1. The van der Waals surface area contributed by atoms with Gasteiger partial charge in [0.05, 0.1) is 6.54 Å². The molecule has 1 aliphatic heterocycles. The molecular formula is C21H24FN5O. The molecule has 6 nitrogen and oxygen atoms in total. The molecule has 0 amide bonds. The van der Waals surface area contributed by atoms with E-state index in [1.807, 2.05) is 18.3 Å². The van der Waals surface area contributed by atoms with Crippen LogP contribution in [0.15, 0.2) is 59.3 Å². The normalized spacial score (nSPS) is 15.1. The van der Waals surface area contributed by atoms with Crippen LogP contribution in [0, 0.1) is 5.82 Å². The van der Waals surface area contributed by atoms with Crippen molar-refractivity contribution in [2.75, 3.05) is 44.2 Å². The predicted octanol–water partition coefficient (Wildman–Crippen LogP) is 2.79. The van der Waals surface area contributed by atoms with Crippen LogP contribution in [-0.4, -0.2) is 54.3 Å². The van der Waals surface area contributed by atoms with E-state index in [1.165, 1.54) is 6.07 Å². The van der Waals surface area contributed by atoms with E-state index < -0.39 is 0 Å². The third-order valence-corrected chi connectivity index (χ3v) is 4.96. The van der Waals surface area contributed by atoms with Gasteiger partial charge in [0.2, 0.25) is 0 Å². The highest BCUT2D eigenvalue weighted by Crippen LogP contribution is 2.22. The van der Waals surface area contributed by atoms with Gasteiger partial charge >= 0.3 is 0 Å². The summed E-state index contributed by atoms with van der Waals surface area (Å²) in [5, 5.41) is 7.35. The Kier molecular flexibility index (Phi) is 5.94. The summed E-state index contributed by atoms with van der Waals surface area (Å²) in [6.07, 6.45) is 1.84. The minimum Gasteiger partial charge on any atom is -0.359 e. The summed E-state index contributed by atoms with van der Waals surface area (Å²) in [6.45, 7) is 6.45. The predicted molar refractivity (Wildman–Crippen MR) is 106 cm³/mol. The maximum atomic E-state index is 13.8. The van der Waals surface area contributed by atoms with Crippen LogP contribution in [0.25, 0.3) is 11.3 Å². The number of halogens is 1. The molecule has 4 rings (SSSR count). The Morgan fingerprint density at radius 1 is 1.04 bits per heavy atom. The fraction of sp³-hybridized carbons (Fsp3) is 0.333. The van der Waals surface area contributed by atoms with Crippen LogP contribution in [0.5, 0.6) is 0 Å². The van der Waals surface area contributed by atoms with Gasteiger partial charge in [0, 0.05) is 57.1 Å². The second-order valence-corrected chi connectivity index (χ2v) is 6.85. The Hall–Kier alpha value is -2.77. The standard InChI is InChI=1S/C21H24FN5O/c22-19-6-2-1-5-18(19)20-15-17(28-25-20)16-23-9-10-26-11-13-27(14-12-26)21-7-3-4-8-24-21/h1-8,15,23H,9-14,16H2. The van der Waals surface area contributed by atoms with Gasteiger partial charge < -0.3 is 14.7 Å². The molecule has 146 valence electrons. The molecule has 0 saturated carbocycles. The Balaban J connectivity index is 1.18. The number of benzene rings is 1. The van der Waals surface area contributed by atoms with Crippen molar-refractivity contribution in [1.82, 2.24) is 20.4 Å². The number of rotatable bonds is 7. The van der Waals surface area contributed by atoms with E-state index in [-0.39, 0.29) is 5.82 Å². The first-order valence-corrected chi connectivity index (χ1v) is 9.59. The molecule has 1 saturated heterocycles. The fourth-order valence-corrected chi connectivity index (χ4v) is 3.38. The SMILES string of the molecule is Fc1ccccc1-c1cc(CNCCN2CCN(c3ccccn3)CC2)on1. The number of nitrogens with zero attached hydrogens (tertiary/aromatic N) is 4. The quantitative estimate of drug-likeness (QED) is 0.635. The maximum absolute atomic E-state index is 13.8. The highest BCUT2D eigenvalue weighted by Gasteiger charge is 2.17. The van der Waals surface area contributed by atoms with Gasteiger partial charge in [0.1, 0.15) is 17.3 Å². The Bertz CT molecular complexity index is 877. The molecule has 0 unspecified atom stereocenters. The zero-order valence-electron chi connectivity index (χ0n) is 15.7. The number of aromatic nitrogens is 2. The van der Waals surface area contributed by atoms with E-state index in [0.717, 1.165) is 45.1 Å². The van der Waals surface area contributed by atoms with E-state index in [9.17, 15) is 4.39 Å². The molecule has 0 spiro atoms. The third kappa shape index (κ3) is 4.55. The molecule has 1 fully saturated rings. The molecule has 0 atom stereocenters. The van der Waals surface area contributed by atoms with Gasteiger partial charge in [0.15, 0.2) is 5.76 Å². The van der Waals surface area contributed by atoms with Crippen LogP contribution in [0.2, 0.25) is 0 Å². The van der Waals surface area contributed by atoms with E-state index in [1.54, 1.807) is 24.3 Å². The van der Waals surface area contributed by atoms with Crippen molar-refractivity contribution in [2.24, 2.45) is 0 Å². The summed E-state index contributed by atoms with van der Waals surface area (Å²) in [5.74, 6) is 1.47. The zero-order valence-corrected chi connectivity index (χ0v) is 15.7. The first kappa shape index (κ1) is 18.6. The van der Waals surface area contributed by atoms with Gasteiger partial charge in [-0.1, -0.05) is 23.4 Å². The number of anilines is 1. The van der Waals surface area contributed by atoms with Crippen molar-refractivity contribution in [1.29, 1.82) is 0 Å². The molecule has 1 aliphatic rings. The molecule has 0 aliphatic carbocycles. The topological polar surface area (TPSA) is 57.4 Å². The van der Waals surface area contributed by atoms with Crippen molar-refractivity contribution >= 4 is 5.82 Å². The monoisotopic (exact) mass is 381 g/mol. The first-order chi connectivity index (χ1) is 13.8. The van der Waals surface area contributed by atoms with Gasteiger partial charge in [-0.3, -0.25) is 4.90 Å². The van der Waals surface area contributed by atoms with Gasteiger partial charge in [0.25, 0.3) is 0 Å². The summed E-state index contributed by atoms with van der Waals surface area (Å²) in [6, 6.07) is 14.4. The molecule has 0 bridgehead atoms. The number of piperazine rings is 1. The average Bonchev–Trinajstić information content (AvgIpc) is 3.21. The van der Waals surface area contributed by atoms with Crippen LogP contribution in [0.1, 0.15) is 5.76 Å². The Labute approximate surface area is 164 Å². The van der Waals surface area contributed by atoms with Crippen LogP contribution in [0.3, 0.4) is 0 Å². The van der Waals surface area contributed by atoms with Crippen molar-refractivity contribution in [3.8, 4) is 11.3 Å². The van der Waals surface area contributed by atoms with Gasteiger partial charge in [-0.05, 0) is 24.3 Å². The molecular weight excluding hydrogens is 357 g/mol. The van der Waals surface area contributed by atoms with Crippen molar-refractivity contribution in [2.45, 2.75) is 6.54 Å². The van der Waals surface area contributed by atoms with Crippen molar-refractivity contribution < 1.29 is 8.91 Å². The van der Waals surface area contributed by atoms with E-state index >= 15 is 0 Å². The summed E-state index contributed by atoms with van der Waals surface area (Å²) in [5.41, 5.74) is 0.990. The lowest BCUT2D eigenvalue weighted by Crippen LogP contribution is -2.48. The second-order valence-electron chi connectivity index (χ2n) is 6.85. The summed E-state index contributed by atoms with van der Waals surface area (Å²) >= 11 is 0. The van der Waals surface area contributed by atoms with Crippen LogP contribution >= 0.6 is 0 Å². The van der Waals surface area contributed by atoms with Crippen LogP contribution < -0.4 is 10.2 Å². The maximum Gasteiger partial charge on any atom is 0.151 e. The lowest BCUT2D eigenvalue weighted by atomic mass is 10.1. The van der Waals surface area contributed by atoms with Crippen LogP contribution in [0.4, 0.5) is 10.2 Å². The smallest absolute Gasteiger partial charge is 0.151 e. The van der Waals surface area contributed by atoms with E-state index in [4.69, 9.17) is 4.52 Å². The molecule has 3 heterocycles. The molecule has 2 aromatic heterocycles. The zero-order chi connectivity index (χ0) is 19.2. The van der Waals surface area contributed by atoms with Crippen molar-refractivity contribution in [3.63, 3.8) is 0 Å². The Morgan fingerprint density at radius 3 is 2.64 bits per heavy atom. The molecule has 0 radical (unpaired) electrons. The Morgan fingerprint density at radius 2 is 1.86 bits per heavy atom. The van der Waals surface area contributed by atoms with Gasteiger partial charge in [-0.15, -0.1) is 0 Å². The summed E-state index contributed by atoms with van der Waals surface area (Å²) in [7, 11) is 0. The largest absolute Gasteiger partial charge is 0.359 e. The second kappa shape index (κ2) is 8.95. The van der Waals surface area contributed by atoms with E-state index in [2.05, 4.69) is 31.3 Å². The van der Waals surface area contributed by atoms with E-state index in [0.29, 0.717) is 23.6 Å². The summed E-state index contributed by atoms with van der Waals surface area (Å²) in [4.78, 5) is 9.19. The van der Waals surface area contributed by atoms with Gasteiger partial charge in [-0.2, -0.15) is 0 Å². The number of hydrogen-bond donors (Lipinski definition) is 1. The third-order valence-electron chi connectivity index (χ3n) is 4.96. The van der Waals surface area contributed by atoms with Crippen molar-refractivity contribution in [3.05, 3.63) is 66.3 Å². The minimum absolute atomic E-state index is 0.292. The highest BCUT2D eigenvalue weighted by molar-refractivity contribution is 5.59. The lowest BCUT2D eigenvalue weighted by molar-refractivity contribution is 0.255. The first-order valence-electron chi connectivity index (χ1n) is 9.59. The average molecular weight is 381 g/mol. The lowest BCUT2D eigenvalue weighted by Gasteiger charge is -2.35. The molecule has 1 N–H and O–H groups in total. The number of hydrogen-bond acceptors (Lipinski definition) is 6. The highest BCUT2D eigenvalue weighted by atomic mass is 19.1. The number of nitrogens with one attached hydrogen (secondary N) is 1. The molecule has 1 aromatic carbocycles. The number of pyridine rings is 1. The van der Waals surface area contributed by atoms with Gasteiger partial charge in [-0.25, -0.2) is 9.37 Å². The fourth-order valence-electron chi connectivity index (χ4n) is 3.38. The molecule has 28 heavy (non-hydrogen) atoms. The van der Waals surface area contributed by atoms with Crippen LogP contribution in [-0.2, 0) is 6.54 Å². The molecule has 7 heteroatoms. The minimum atomic E-state index is -0.292. The molecule has 3 aromatic rings.